The summed E-state index contributed by atoms with van der Waals surface area (Å²) in [6.07, 6.45) is 2.54. The molecule has 0 aliphatic heterocycles. The molecule has 0 fully saturated rings. The predicted octanol–water partition coefficient (Wildman–Crippen LogP) is 2.55. The first-order valence-corrected chi connectivity index (χ1v) is 6.12. The zero-order chi connectivity index (χ0) is 13.1. The Hall–Kier alpha value is -1.52. The first-order valence-electron chi connectivity index (χ1n) is 5.74. The highest BCUT2D eigenvalue weighted by Gasteiger charge is 2.10. The molecular formula is C13H16ClN3O. The molecule has 5 heteroatoms. The number of nitrogens with zero attached hydrogens (tertiary/aromatic N) is 1. The van der Waals surface area contributed by atoms with E-state index >= 15 is 0 Å². The average Bonchev–Trinajstić information content (AvgIpc) is 2.80. The molecule has 0 bridgehead atoms. The summed E-state index contributed by atoms with van der Waals surface area (Å²) in [6.45, 7) is 2.59. The number of hydrogen-bond donors (Lipinski definition) is 2. The lowest BCUT2D eigenvalue weighted by Crippen LogP contribution is -2.03. The molecule has 0 aliphatic carbocycles. The van der Waals surface area contributed by atoms with Crippen molar-refractivity contribution in [2.75, 3.05) is 13.7 Å². The van der Waals surface area contributed by atoms with Gasteiger partial charge < -0.3 is 15.5 Å². The van der Waals surface area contributed by atoms with Crippen LogP contribution in [0.4, 0.5) is 0 Å². The van der Waals surface area contributed by atoms with Crippen molar-refractivity contribution < 1.29 is 4.74 Å². The number of rotatable bonds is 4. The summed E-state index contributed by atoms with van der Waals surface area (Å²) in [7, 11) is 1.61. The number of aromatic nitrogens is 2. The van der Waals surface area contributed by atoms with E-state index in [-0.39, 0.29) is 0 Å². The van der Waals surface area contributed by atoms with Gasteiger partial charge in [0.1, 0.15) is 11.6 Å². The summed E-state index contributed by atoms with van der Waals surface area (Å²) in [6, 6.07) is 3.80. The second-order valence-corrected chi connectivity index (χ2v) is 4.49. The molecule has 96 valence electrons. The van der Waals surface area contributed by atoms with Gasteiger partial charge >= 0.3 is 0 Å². The third kappa shape index (κ3) is 2.49. The van der Waals surface area contributed by atoms with Crippen LogP contribution in [0.2, 0.25) is 5.02 Å². The standard InChI is InChI=1S/C13H16ClN3O/c1-8-5-12(18-2)10(14)6-9(8)11-7-16-13(17-11)3-4-15/h5-7H,3-4,15H2,1-2H3,(H,16,17). The highest BCUT2D eigenvalue weighted by atomic mass is 35.5. The van der Waals surface area contributed by atoms with Crippen LogP contribution < -0.4 is 10.5 Å². The SMILES string of the molecule is COc1cc(C)c(-c2cnc(CCN)[nH]2)cc1Cl. The summed E-state index contributed by atoms with van der Waals surface area (Å²) < 4.78 is 5.19. The van der Waals surface area contributed by atoms with E-state index in [4.69, 9.17) is 22.1 Å². The van der Waals surface area contributed by atoms with E-state index in [2.05, 4.69) is 9.97 Å². The Balaban J connectivity index is 2.40. The van der Waals surface area contributed by atoms with Gasteiger partial charge in [0, 0.05) is 12.0 Å². The van der Waals surface area contributed by atoms with E-state index in [9.17, 15) is 0 Å². The van der Waals surface area contributed by atoms with Crippen molar-refractivity contribution in [2.24, 2.45) is 5.73 Å². The second kappa shape index (κ2) is 5.42. The van der Waals surface area contributed by atoms with Gasteiger partial charge in [-0.2, -0.15) is 0 Å². The molecule has 0 saturated heterocycles. The number of hydrogen-bond acceptors (Lipinski definition) is 3. The van der Waals surface area contributed by atoms with E-state index in [1.165, 1.54) is 0 Å². The van der Waals surface area contributed by atoms with Crippen LogP contribution in [-0.4, -0.2) is 23.6 Å². The smallest absolute Gasteiger partial charge is 0.137 e. The van der Waals surface area contributed by atoms with Crippen LogP contribution >= 0.6 is 11.6 Å². The monoisotopic (exact) mass is 265 g/mol. The molecule has 0 amide bonds. The zero-order valence-corrected chi connectivity index (χ0v) is 11.2. The lowest BCUT2D eigenvalue weighted by Gasteiger charge is -2.08. The van der Waals surface area contributed by atoms with Crippen LogP contribution in [0.5, 0.6) is 5.75 Å². The summed E-state index contributed by atoms with van der Waals surface area (Å²) in [4.78, 5) is 7.53. The highest BCUT2D eigenvalue weighted by Crippen LogP contribution is 2.32. The van der Waals surface area contributed by atoms with Crippen molar-refractivity contribution in [3.63, 3.8) is 0 Å². The first-order chi connectivity index (χ1) is 8.65. The minimum atomic E-state index is 0.579. The fourth-order valence-corrected chi connectivity index (χ4v) is 2.11. The molecule has 1 heterocycles. The summed E-state index contributed by atoms with van der Waals surface area (Å²) in [5, 5.41) is 0.591. The molecule has 0 unspecified atom stereocenters. The van der Waals surface area contributed by atoms with Gasteiger partial charge in [0.05, 0.1) is 24.0 Å². The van der Waals surface area contributed by atoms with Gasteiger partial charge in [-0.05, 0) is 31.2 Å². The van der Waals surface area contributed by atoms with Crippen molar-refractivity contribution >= 4 is 11.6 Å². The van der Waals surface area contributed by atoms with E-state index in [1.807, 2.05) is 19.1 Å². The molecular weight excluding hydrogens is 250 g/mol. The molecule has 4 nitrogen and oxygen atoms in total. The normalized spacial score (nSPS) is 10.7. The molecule has 18 heavy (non-hydrogen) atoms. The summed E-state index contributed by atoms with van der Waals surface area (Å²) >= 11 is 6.14. The average molecular weight is 266 g/mol. The lowest BCUT2D eigenvalue weighted by molar-refractivity contribution is 0.415. The van der Waals surface area contributed by atoms with Crippen molar-refractivity contribution in [3.05, 3.63) is 34.7 Å². The summed E-state index contributed by atoms with van der Waals surface area (Å²) in [5.74, 6) is 1.57. The van der Waals surface area contributed by atoms with E-state index in [1.54, 1.807) is 13.3 Å². The van der Waals surface area contributed by atoms with Gasteiger partial charge in [0.15, 0.2) is 0 Å². The lowest BCUT2D eigenvalue weighted by atomic mass is 10.1. The number of aryl methyl sites for hydroxylation is 1. The Bertz CT molecular complexity index is 551. The number of aromatic amines is 1. The van der Waals surface area contributed by atoms with Gasteiger partial charge in [-0.25, -0.2) is 4.98 Å². The van der Waals surface area contributed by atoms with Gasteiger partial charge in [-0.3, -0.25) is 0 Å². The van der Waals surface area contributed by atoms with Crippen LogP contribution in [0.15, 0.2) is 18.3 Å². The Morgan fingerprint density at radius 1 is 1.44 bits per heavy atom. The number of nitrogens with one attached hydrogen (secondary N) is 1. The Kier molecular flexibility index (Phi) is 3.89. The number of methoxy groups -OCH3 is 1. The van der Waals surface area contributed by atoms with Crippen molar-refractivity contribution in [1.29, 1.82) is 0 Å². The largest absolute Gasteiger partial charge is 0.495 e. The summed E-state index contributed by atoms with van der Waals surface area (Å²) in [5.41, 5.74) is 8.55. The topological polar surface area (TPSA) is 63.9 Å². The number of nitrogens with two attached hydrogens (primary N) is 1. The maximum Gasteiger partial charge on any atom is 0.137 e. The first kappa shape index (κ1) is 12.9. The molecule has 1 aromatic carbocycles. The maximum absolute atomic E-state index is 6.14. The van der Waals surface area contributed by atoms with E-state index in [0.29, 0.717) is 17.3 Å². The third-order valence-corrected chi connectivity index (χ3v) is 3.09. The van der Waals surface area contributed by atoms with Crippen molar-refractivity contribution in [3.8, 4) is 17.0 Å². The van der Waals surface area contributed by atoms with Crippen LogP contribution in [0.25, 0.3) is 11.3 Å². The minimum Gasteiger partial charge on any atom is -0.495 e. The number of benzene rings is 1. The quantitative estimate of drug-likeness (QED) is 0.893. The van der Waals surface area contributed by atoms with E-state index in [0.717, 1.165) is 29.1 Å². The van der Waals surface area contributed by atoms with E-state index < -0.39 is 0 Å². The number of halogens is 1. The minimum absolute atomic E-state index is 0.579. The molecule has 0 atom stereocenters. The van der Waals surface area contributed by atoms with Gasteiger partial charge in [-0.15, -0.1) is 0 Å². The fraction of sp³-hybridized carbons (Fsp3) is 0.308. The van der Waals surface area contributed by atoms with Crippen molar-refractivity contribution in [2.45, 2.75) is 13.3 Å². The number of imidazole rings is 1. The molecule has 1 aromatic heterocycles. The van der Waals surface area contributed by atoms with Gasteiger partial charge in [-0.1, -0.05) is 11.6 Å². The van der Waals surface area contributed by atoms with Gasteiger partial charge in [0.2, 0.25) is 0 Å². The molecule has 2 rings (SSSR count). The third-order valence-electron chi connectivity index (χ3n) is 2.80. The van der Waals surface area contributed by atoms with Crippen LogP contribution in [0.3, 0.4) is 0 Å². The maximum atomic E-state index is 6.14. The van der Waals surface area contributed by atoms with Crippen LogP contribution in [-0.2, 0) is 6.42 Å². The fourth-order valence-electron chi connectivity index (χ4n) is 1.86. The molecule has 0 aliphatic rings. The zero-order valence-electron chi connectivity index (χ0n) is 10.5. The van der Waals surface area contributed by atoms with Crippen molar-refractivity contribution in [1.82, 2.24) is 9.97 Å². The molecule has 0 radical (unpaired) electrons. The van der Waals surface area contributed by atoms with Crippen LogP contribution in [0.1, 0.15) is 11.4 Å². The predicted molar refractivity (Wildman–Crippen MR) is 73.1 cm³/mol. The molecule has 0 saturated carbocycles. The highest BCUT2D eigenvalue weighted by molar-refractivity contribution is 6.32. The molecule has 0 spiro atoms. The van der Waals surface area contributed by atoms with Gasteiger partial charge in [0.25, 0.3) is 0 Å². The number of H-pyrrole nitrogens is 1. The van der Waals surface area contributed by atoms with Crippen LogP contribution in [0, 0.1) is 6.92 Å². The molecule has 3 N–H and O–H groups in total. The Labute approximate surface area is 111 Å². The number of ether oxygens (including phenoxy) is 1. The Morgan fingerprint density at radius 3 is 2.89 bits per heavy atom. The Morgan fingerprint density at radius 2 is 2.22 bits per heavy atom. The second-order valence-electron chi connectivity index (χ2n) is 4.08. The molecule has 2 aromatic rings.